The van der Waals surface area contributed by atoms with Gasteiger partial charge in [0.15, 0.2) is 16.1 Å². The average molecular weight is 312 g/mol. The fourth-order valence-electron chi connectivity index (χ4n) is 2.26. The van der Waals surface area contributed by atoms with Crippen molar-refractivity contribution in [3.05, 3.63) is 30.3 Å². The van der Waals surface area contributed by atoms with Crippen LogP contribution >= 0.6 is 0 Å². The maximum atomic E-state index is 12.2. The third-order valence-electron chi connectivity index (χ3n) is 3.69. The molecule has 0 N–H and O–H groups in total. The van der Waals surface area contributed by atoms with Crippen molar-refractivity contribution in [2.45, 2.75) is 38.4 Å². The van der Waals surface area contributed by atoms with Gasteiger partial charge < -0.3 is 9.47 Å². The standard InChI is InChI=1S/C16H24O4S/c1-13(15-19-11-16(2,3)12-20-15)9-10-21(17,18)14-7-5-4-6-8-14/h4-8,13,15H,9-12H2,1-3H3. The van der Waals surface area contributed by atoms with Gasteiger partial charge in [0.05, 0.1) is 23.9 Å². The molecular weight excluding hydrogens is 288 g/mol. The molecular formula is C16H24O4S. The van der Waals surface area contributed by atoms with E-state index in [1.807, 2.05) is 13.0 Å². The van der Waals surface area contributed by atoms with E-state index in [0.717, 1.165) is 0 Å². The summed E-state index contributed by atoms with van der Waals surface area (Å²) in [5.74, 6) is 0.171. The van der Waals surface area contributed by atoms with Gasteiger partial charge in [-0.3, -0.25) is 0 Å². The molecule has 0 aliphatic carbocycles. The smallest absolute Gasteiger partial charge is 0.178 e. The molecule has 1 aromatic rings. The van der Waals surface area contributed by atoms with Gasteiger partial charge in [0.2, 0.25) is 0 Å². The zero-order valence-electron chi connectivity index (χ0n) is 12.9. The second-order valence-electron chi connectivity index (χ2n) is 6.55. The second-order valence-corrected chi connectivity index (χ2v) is 8.66. The largest absolute Gasteiger partial charge is 0.352 e. The maximum absolute atomic E-state index is 12.2. The number of hydrogen-bond donors (Lipinski definition) is 0. The molecule has 0 aromatic heterocycles. The minimum atomic E-state index is -3.23. The molecule has 0 amide bonds. The van der Waals surface area contributed by atoms with Gasteiger partial charge in [-0.05, 0) is 18.6 Å². The van der Waals surface area contributed by atoms with Gasteiger partial charge >= 0.3 is 0 Å². The van der Waals surface area contributed by atoms with Gasteiger partial charge in [-0.15, -0.1) is 0 Å². The monoisotopic (exact) mass is 312 g/mol. The normalized spacial score (nSPS) is 21.1. The van der Waals surface area contributed by atoms with Crippen LogP contribution in [0.5, 0.6) is 0 Å². The number of benzene rings is 1. The molecule has 5 heteroatoms. The zero-order valence-corrected chi connectivity index (χ0v) is 13.7. The van der Waals surface area contributed by atoms with E-state index in [1.165, 1.54) is 0 Å². The van der Waals surface area contributed by atoms with Gasteiger partial charge in [-0.2, -0.15) is 0 Å². The van der Waals surface area contributed by atoms with E-state index in [4.69, 9.17) is 9.47 Å². The van der Waals surface area contributed by atoms with Crippen LogP contribution in [0.3, 0.4) is 0 Å². The Morgan fingerprint density at radius 1 is 1.19 bits per heavy atom. The summed E-state index contributed by atoms with van der Waals surface area (Å²) in [5.41, 5.74) is 0.0341. The Kier molecular flexibility index (Phi) is 5.07. The Balaban J connectivity index is 1.88. The van der Waals surface area contributed by atoms with Crippen molar-refractivity contribution in [3.8, 4) is 0 Å². The first-order valence-electron chi connectivity index (χ1n) is 7.31. The van der Waals surface area contributed by atoms with E-state index in [2.05, 4.69) is 13.8 Å². The average Bonchev–Trinajstić information content (AvgIpc) is 2.46. The molecule has 0 saturated carbocycles. The van der Waals surface area contributed by atoms with E-state index in [1.54, 1.807) is 24.3 Å². The molecule has 4 nitrogen and oxygen atoms in total. The topological polar surface area (TPSA) is 52.6 Å². The van der Waals surface area contributed by atoms with Crippen LogP contribution in [0.1, 0.15) is 27.2 Å². The first-order chi connectivity index (χ1) is 9.80. The summed E-state index contributed by atoms with van der Waals surface area (Å²) in [4.78, 5) is 0.379. The third-order valence-corrected chi connectivity index (χ3v) is 5.45. The van der Waals surface area contributed by atoms with Crippen molar-refractivity contribution in [2.24, 2.45) is 11.3 Å². The predicted molar refractivity (Wildman–Crippen MR) is 81.7 cm³/mol. The molecule has 1 unspecified atom stereocenters. The summed E-state index contributed by atoms with van der Waals surface area (Å²) < 4.78 is 35.9. The van der Waals surface area contributed by atoms with Crippen molar-refractivity contribution in [1.82, 2.24) is 0 Å². The number of sulfone groups is 1. The highest BCUT2D eigenvalue weighted by Crippen LogP contribution is 2.27. The lowest BCUT2D eigenvalue weighted by Crippen LogP contribution is -2.41. The van der Waals surface area contributed by atoms with E-state index in [0.29, 0.717) is 24.5 Å². The minimum Gasteiger partial charge on any atom is -0.352 e. The summed E-state index contributed by atoms with van der Waals surface area (Å²) in [6.45, 7) is 7.45. The first kappa shape index (κ1) is 16.5. The van der Waals surface area contributed by atoms with Crippen LogP contribution in [-0.2, 0) is 19.3 Å². The van der Waals surface area contributed by atoms with Crippen molar-refractivity contribution >= 4 is 9.84 Å². The zero-order chi connectivity index (χ0) is 15.5. The third kappa shape index (κ3) is 4.53. The van der Waals surface area contributed by atoms with Gasteiger partial charge in [0.1, 0.15) is 0 Å². The molecule has 1 atom stereocenters. The lowest BCUT2D eigenvalue weighted by Gasteiger charge is -2.37. The molecule has 0 bridgehead atoms. The second kappa shape index (κ2) is 6.46. The quantitative estimate of drug-likeness (QED) is 0.839. The van der Waals surface area contributed by atoms with Gasteiger partial charge in [-0.25, -0.2) is 8.42 Å². The van der Waals surface area contributed by atoms with Crippen molar-refractivity contribution in [3.63, 3.8) is 0 Å². The highest BCUT2D eigenvalue weighted by Gasteiger charge is 2.31. The Bertz CT molecular complexity index is 541. The molecule has 1 heterocycles. The molecule has 0 spiro atoms. The summed E-state index contributed by atoms with van der Waals surface area (Å²) in [6, 6.07) is 8.57. The summed E-state index contributed by atoms with van der Waals surface area (Å²) in [6.07, 6.45) is 0.228. The Hall–Kier alpha value is -0.910. The molecule has 1 aliphatic rings. The molecule has 1 aliphatic heterocycles. The SMILES string of the molecule is CC(CCS(=O)(=O)c1ccccc1)C1OCC(C)(C)CO1. The minimum absolute atomic E-state index is 0.0341. The Labute approximate surface area is 127 Å². The lowest BCUT2D eigenvalue weighted by molar-refractivity contribution is -0.241. The number of ether oxygens (including phenoxy) is 2. The van der Waals surface area contributed by atoms with E-state index in [-0.39, 0.29) is 23.4 Å². The summed E-state index contributed by atoms with van der Waals surface area (Å²) in [5, 5.41) is 0. The molecule has 1 aromatic carbocycles. The van der Waals surface area contributed by atoms with Crippen molar-refractivity contribution in [1.29, 1.82) is 0 Å². The van der Waals surface area contributed by atoms with Crippen molar-refractivity contribution < 1.29 is 17.9 Å². The maximum Gasteiger partial charge on any atom is 0.178 e. The fraction of sp³-hybridized carbons (Fsp3) is 0.625. The number of hydrogen-bond acceptors (Lipinski definition) is 4. The molecule has 1 saturated heterocycles. The predicted octanol–water partition coefficient (Wildman–Crippen LogP) is 2.89. The van der Waals surface area contributed by atoms with Crippen LogP contribution < -0.4 is 0 Å². The molecule has 21 heavy (non-hydrogen) atoms. The molecule has 118 valence electrons. The van der Waals surface area contributed by atoms with Crippen LogP contribution in [0, 0.1) is 11.3 Å². The number of rotatable bonds is 5. The first-order valence-corrected chi connectivity index (χ1v) is 8.96. The highest BCUT2D eigenvalue weighted by molar-refractivity contribution is 7.91. The Morgan fingerprint density at radius 3 is 2.33 bits per heavy atom. The van der Waals surface area contributed by atoms with Crippen LogP contribution in [-0.4, -0.2) is 33.7 Å². The van der Waals surface area contributed by atoms with Gasteiger partial charge in [-0.1, -0.05) is 39.0 Å². The molecule has 0 radical (unpaired) electrons. The van der Waals surface area contributed by atoms with Crippen molar-refractivity contribution in [2.75, 3.05) is 19.0 Å². The summed E-state index contributed by atoms with van der Waals surface area (Å²) >= 11 is 0. The highest BCUT2D eigenvalue weighted by atomic mass is 32.2. The Morgan fingerprint density at radius 2 is 1.76 bits per heavy atom. The van der Waals surface area contributed by atoms with E-state index < -0.39 is 9.84 Å². The van der Waals surface area contributed by atoms with Crippen LogP contribution in [0.15, 0.2) is 35.2 Å². The molecule has 1 fully saturated rings. The van der Waals surface area contributed by atoms with Crippen LogP contribution in [0.2, 0.25) is 0 Å². The van der Waals surface area contributed by atoms with Gasteiger partial charge in [0, 0.05) is 11.3 Å². The van der Waals surface area contributed by atoms with Crippen LogP contribution in [0.25, 0.3) is 0 Å². The van der Waals surface area contributed by atoms with Crippen LogP contribution in [0.4, 0.5) is 0 Å². The lowest BCUT2D eigenvalue weighted by atomic mass is 9.95. The van der Waals surface area contributed by atoms with E-state index in [9.17, 15) is 8.42 Å². The van der Waals surface area contributed by atoms with Gasteiger partial charge in [0.25, 0.3) is 0 Å². The fourth-order valence-corrected chi connectivity index (χ4v) is 3.75. The molecule has 2 rings (SSSR count). The van der Waals surface area contributed by atoms with E-state index >= 15 is 0 Å². The summed E-state index contributed by atoms with van der Waals surface area (Å²) in [7, 11) is -3.23.